The molecule has 1 atom stereocenters. The number of rotatable bonds is 10. The van der Waals surface area contributed by atoms with Gasteiger partial charge in [0.2, 0.25) is 5.91 Å². The zero-order valence-electron chi connectivity index (χ0n) is 18.8. The molecule has 2 heterocycles. The normalized spacial score (nSPS) is 11.9. The lowest BCUT2D eigenvalue weighted by Crippen LogP contribution is -2.43. The van der Waals surface area contributed by atoms with Crippen molar-refractivity contribution in [2.45, 2.75) is 32.9 Å². The SMILES string of the molecule is CC(C)CCNC(=O)[C@@H](c1ccc(F)cc1)N(Cc1ccco1)C(=O)c1snc(C(N)=O)c1N. The van der Waals surface area contributed by atoms with Gasteiger partial charge >= 0.3 is 0 Å². The summed E-state index contributed by atoms with van der Waals surface area (Å²) in [5, 5.41) is 2.86. The summed E-state index contributed by atoms with van der Waals surface area (Å²) in [6.07, 6.45) is 2.18. The number of nitrogen functional groups attached to an aromatic ring is 1. The molecule has 9 nitrogen and oxygen atoms in total. The van der Waals surface area contributed by atoms with E-state index in [1.165, 1.54) is 35.4 Å². The molecule has 0 spiro atoms. The van der Waals surface area contributed by atoms with Gasteiger partial charge in [-0.15, -0.1) is 0 Å². The summed E-state index contributed by atoms with van der Waals surface area (Å²) in [6.45, 7) is 4.36. The van der Waals surface area contributed by atoms with Gasteiger partial charge in [0.15, 0.2) is 5.69 Å². The molecule has 0 radical (unpaired) electrons. The molecule has 34 heavy (non-hydrogen) atoms. The fourth-order valence-corrected chi connectivity index (χ4v) is 4.07. The average Bonchev–Trinajstić information content (AvgIpc) is 3.43. The van der Waals surface area contributed by atoms with Crippen molar-refractivity contribution in [3.05, 3.63) is 70.4 Å². The van der Waals surface area contributed by atoms with Crippen LogP contribution in [0.25, 0.3) is 0 Å². The maximum absolute atomic E-state index is 13.7. The van der Waals surface area contributed by atoms with Gasteiger partial charge in [-0.2, -0.15) is 4.37 Å². The van der Waals surface area contributed by atoms with E-state index in [2.05, 4.69) is 9.69 Å². The van der Waals surface area contributed by atoms with Crippen molar-refractivity contribution in [3.63, 3.8) is 0 Å². The number of amides is 3. The van der Waals surface area contributed by atoms with Gasteiger partial charge in [0, 0.05) is 6.54 Å². The molecule has 11 heteroatoms. The molecule has 0 saturated carbocycles. The number of halogens is 1. The first-order valence-corrected chi connectivity index (χ1v) is 11.4. The van der Waals surface area contributed by atoms with E-state index in [-0.39, 0.29) is 22.8 Å². The highest BCUT2D eigenvalue weighted by Gasteiger charge is 2.35. The number of carbonyl (C=O) groups is 3. The molecular formula is C23H26FN5O4S. The molecule has 0 aliphatic carbocycles. The van der Waals surface area contributed by atoms with Crippen LogP contribution < -0.4 is 16.8 Å². The molecule has 3 amide bonds. The third-order valence-corrected chi connectivity index (χ3v) is 5.94. The van der Waals surface area contributed by atoms with E-state index in [0.29, 0.717) is 35.3 Å². The third kappa shape index (κ3) is 5.79. The van der Waals surface area contributed by atoms with Crippen LogP contribution in [-0.4, -0.2) is 33.5 Å². The largest absolute Gasteiger partial charge is 0.467 e. The predicted molar refractivity (Wildman–Crippen MR) is 125 cm³/mol. The van der Waals surface area contributed by atoms with Crippen molar-refractivity contribution in [2.24, 2.45) is 11.7 Å². The van der Waals surface area contributed by atoms with Crippen molar-refractivity contribution in [1.82, 2.24) is 14.6 Å². The maximum Gasteiger partial charge on any atom is 0.270 e. The highest BCUT2D eigenvalue weighted by Crippen LogP contribution is 2.30. The van der Waals surface area contributed by atoms with Gasteiger partial charge in [-0.1, -0.05) is 26.0 Å². The van der Waals surface area contributed by atoms with Crippen molar-refractivity contribution in [2.75, 3.05) is 12.3 Å². The Morgan fingerprint density at radius 3 is 2.47 bits per heavy atom. The number of hydrogen-bond acceptors (Lipinski definition) is 7. The Balaban J connectivity index is 2.05. The van der Waals surface area contributed by atoms with Gasteiger partial charge in [-0.25, -0.2) is 4.39 Å². The second-order valence-electron chi connectivity index (χ2n) is 8.08. The number of nitrogens with two attached hydrogens (primary N) is 2. The number of aromatic nitrogens is 1. The summed E-state index contributed by atoms with van der Waals surface area (Å²) in [5.74, 6) is -1.68. The van der Waals surface area contributed by atoms with Crippen LogP contribution >= 0.6 is 11.5 Å². The van der Waals surface area contributed by atoms with Crippen LogP contribution in [0, 0.1) is 11.7 Å². The first-order valence-electron chi connectivity index (χ1n) is 10.6. The van der Waals surface area contributed by atoms with Crippen molar-refractivity contribution in [1.29, 1.82) is 0 Å². The molecule has 0 bridgehead atoms. The number of nitrogens with zero attached hydrogens (tertiary/aromatic N) is 2. The quantitative estimate of drug-likeness (QED) is 0.401. The van der Waals surface area contributed by atoms with E-state index in [9.17, 15) is 18.8 Å². The first kappa shape index (κ1) is 24.9. The monoisotopic (exact) mass is 487 g/mol. The number of furan rings is 1. The predicted octanol–water partition coefficient (Wildman–Crippen LogP) is 3.10. The summed E-state index contributed by atoms with van der Waals surface area (Å²) >= 11 is 0.713. The summed E-state index contributed by atoms with van der Waals surface area (Å²) in [6, 6.07) is 7.48. The minimum Gasteiger partial charge on any atom is -0.467 e. The Morgan fingerprint density at radius 1 is 1.21 bits per heavy atom. The van der Waals surface area contributed by atoms with Crippen LogP contribution in [0.15, 0.2) is 47.1 Å². The summed E-state index contributed by atoms with van der Waals surface area (Å²) in [4.78, 5) is 39.8. The average molecular weight is 488 g/mol. The van der Waals surface area contributed by atoms with Crippen molar-refractivity contribution < 1.29 is 23.2 Å². The molecule has 5 N–H and O–H groups in total. The lowest BCUT2D eigenvalue weighted by molar-refractivity contribution is -0.126. The molecular weight excluding hydrogens is 461 g/mol. The Bertz CT molecular complexity index is 1140. The zero-order chi connectivity index (χ0) is 24.8. The van der Waals surface area contributed by atoms with Gasteiger partial charge in [-0.3, -0.25) is 14.4 Å². The van der Waals surface area contributed by atoms with E-state index in [4.69, 9.17) is 15.9 Å². The van der Waals surface area contributed by atoms with Crippen LogP contribution in [0.1, 0.15) is 57.8 Å². The van der Waals surface area contributed by atoms with Crippen LogP contribution in [-0.2, 0) is 11.3 Å². The number of primary amides is 1. The molecule has 0 unspecified atom stereocenters. The fourth-order valence-electron chi connectivity index (χ4n) is 3.31. The number of anilines is 1. The molecule has 180 valence electrons. The van der Waals surface area contributed by atoms with Gasteiger partial charge in [0.05, 0.1) is 18.5 Å². The minimum atomic E-state index is -1.14. The van der Waals surface area contributed by atoms with E-state index in [0.717, 1.165) is 6.42 Å². The molecule has 1 aromatic carbocycles. The molecule has 3 aromatic rings. The smallest absolute Gasteiger partial charge is 0.270 e. The highest BCUT2D eigenvalue weighted by molar-refractivity contribution is 7.09. The summed E-state index contributed by atoms with van der Waals surface area (Å²) < 4.78 is 23.0. The Kier molecular flexibility index (Phi) is 8.00. The number of nitrogens with one attached hydrogen (secondary N) is 1. The van der Waals surface area contributed by atoms with E-state index < -0.39 is 29.6 Å². The van der Waals surface area contributed by atoms with E-state index in [1.807, 2.05) is 13.8 Å². The number of benzene rings is 1. The Morgan fingerprint density at radius 2 is 1.91 bits per heavy atom. The first-order chi connectivity index (χ1) is 16.2. The summed E-state index contributed by atoms with van der Waals surface area (Å²) in [5.41, 5.74) is 11.3. The van der Waals surface area contributed by atoms with Gasteiger partial charge in [0.1, 0.15) is 22.5 Å². The second-order valence-corrected chi connectivity index (χ2v) is 8.85. The standard InChI is InChI=1S/C23H26FN5O4S/c1-13(2)9-10-27-22(31)19(14-5-7-15(24)8-6-14)29(12-16-4-3-11-33-16)23(32)20-17(25)18(21(26)30)28-34-20/h3-8,11,13,19H,9-10,12,25H2,1-2H3,(H2,26,30)(H,27,31)/t19-/m1/s1. The van der Waals surface area contributed by atoms with Gasteiger partial charge < -0.3 is 26.1 Å². The Hall–Kier alpha value is -3.73. The molecule has 2 aromatic heterocycles. The van der Waals surface area contributed by atoms with Crippen LogP contribution in [0.3, 0.4) is 0 Å². The van der Waals surface area contributed by atoms with Gasteiger partial charge in [0.25, 0.3) is 11.8 Å². The lowest BCUT2D eigenvalue weighted by Gasteiger charge is -2.30. The molecule has 0 aliphatic heterocycles. The van der Waals surface area contributed by atoms with Crippen LogP contribution in [0.5, 0.6) is 0 Å². The third-order valence-electron chi connectivity index (χ3n) is 5.09. The number of hydrogen-bond donors (Lipinski definition) is 3. The highest BCUT2D eigenvalue weighted by atomic mass is 32.1. The second kappa shape index (κ2) is 10.9. The van der Waals surface area contributed by atoms with Gasteiger partial charge in [-0.05, 0) is 53.7 Å². The fraction of sp³-hybridized carbons (Fsp3) is 0.304. The topological polar surface area (TPSA) is 145 Å². The molecule has 0 aliphatic rings. The minimum absolute atomic E-state index is 0.0394. The maximum atomic E-state index is 13.7. The zero-order valence-corrected chi connectivity index (χ0v) is 19.6. The lowest BCUT2D eigenvalue weighted by atomic mass is 10.0. The van der Waals surface area contributed by atoms with E-state index >= 15 is 0 Å². The molecule has 0 saturated heterocycles. The Labute approximate surface area is 200 Å². The molecule has 0 fully saturated rings. The molecule has 3 rings (SSSR count). The van der Waals surface area contributed by atoms with E-state index in [1.54, 1.807) is 12.1 Å². The van der Waals surface area contributed by atoms with Crippen LogP contribution in [0.4, 0.5) is 10.1 Å². The number of carbonyl (C=O) groups excluding carboxylic acids is 3. The van der Waals surface area contributed by atoms with Crippen LogP contribution in [0.2, 0.25) is 0 Å². The van der Waals surface area contributed by atoms with Crippen molar-refractivity contribution >= 4 is 34.9 Å². The summed E-state index contributed by atoms with van der Waals surface area (Å²) in [7, 11) is 0. The van der Waals surface area contributed by atoms with Crippen molar-refractivity contribution in [3.8, 4) is 0 Å².